The van der Waals surface area contributed by atoms with E-state index in [1.54, 1.807) is 12.1 Å². The van der Waals surface area contributed by atoms with Crippen LogP contribution in [-0.4, -0.2) is 16.7 Å². The third-order valence-corrected chi connectivity index (χ3v) is 4.49. The van der Waals surface area contributed by atoms with Crippen LogP contribution in [0.25, 0.3) is 0 Å². The number of anilines is 1. The number of imide groups is 1. The minimum atomic E-state index is -0.508. The Hall–Kier alpha value is -2.30. The van der Waals surface area contributed by atoms with Crippen LogP contribution in [0, 0.1) is 6.92 Å². The van der Waals surface area contributed by atoms with E-state index in [4.69, 9.17) is 23.2 Å². The van der Waals surface area contributed by atoms with Crippen LogP contribution >= 0.6 is 23.2 Å². The first-order chi connectivity index (χ1) is 11.5. The van der Waals surface area contributed by atoms with Gasteiger partial charge in [0.1, 0.15) is 10.7 Å². The molecule has 6 heteroatoms. The van der Waals surface area contributed by atoms with E-state index in [1.165, 1.54) is 0 Å². The Morgan fingerprint density at radius 1 is 1.00 bits per heavy atom. The topological polar surface area (TPSA) is 49.4 Å². The summed E-state index contributed by atoms with van der Waals surface area (Å²) in [6.07, 6.45) is 0. The van der Waals surface area contributed by atoms with Gasteiger partial charge in [-0.1, -0.05) is 59.6 Å². The van der Waals surface area contributed by atoms with Crippen molar-refractivity contribution in [2.45, 2.75) is 13.5 Å². The quantitative estimate of drug-likeness (QED) is 0.835. The second-order valence-corrected chi connectivity index (χ2v) is 6.25. The maximum absolute atomic E-state index is 12.6. The highest BCUT2D eigenvalue weighted by Crippen LogP contribution is 2.28. The maximum atomic E-state index is 12.6. The molecule has 0 spiro atoms. The lowest BCUT2D eigenvalue weighted by molar-refractivity contribution is -0.138. The van der Waals surface area contributed by atoms with Gasteiger partial charge in [-0.15, -0.1) is 0 Å². The zero-order chi connectivity index (χ0) is 17.3. The summed E-state index contributed by atoms with van der Waals surface area (Å²) in [5, 5.41) is 3.35. The van der Waals surface area contributed by atoms with Crippen LogP contribution in [0.3, 0.4) is 0 Å². The Kier molecular flexibility index (Phi) is 4.60. The number of hydrogen-bond acceptors (Lipinski definition) is 3. The second kappa shape index (κ2) is 6.67. The van der Waals surface area contributed by atoms with Gasteiger partial charge < -0.3 is 5.32 Å². The van der Waals surface area contributed by atoms with Crippen LogP contribution in [0.2, 0.25) is 5.02 Å². The number of rotatable bonds is 4. The van der Waals surface area contributed by atoms with Gasteiger partial charge >= 0.3 is 0 Å². The normalized spacial score (nSPS) is 14.5. The Labute approximate surface area is 149 Å². The highest BCUT2D eigenvalue weighted by atomic mass is 35.5. The van der Waals surface area contributed by atoms with Gasteiger partial charge in [-0.3, -0.25) is 14.5 Å². The van der Waals surface area contributed by atoms with Gasteiger partial charge in [0.2, 0.25) is 0 Å². The van der Waals surface area contributed by atoms with Crippen molar-refractivity contribution in [1.82, 2.24) is 4.90 Å². The molecule has 2 aromatic rings. The summed E-state index contributed by atoms with van der Waals surface area (Å²) < 4.78 is 0. The minimum Gasteiger partial charge on any atom is -0.350 e. The van der Waals surface area contributed by atoms with E-state index in [0.717, 1.165) is 16.0 Å². The SMILES string of the molecule is Cc1ccc(NC2=C(Cl)C(=O)N(Cc3ccccc3)C2=O)cc1Cl. The Balaban J connectivity index is 1.82. The van der Waals surface area contributed by atoms with Crippen molar-refractivity contribution in [3.05, 3.63) is 75.4 Å². The number of halogens is 2. The smallest absolute Gasteiger partial charge is 0.279 e. The van der Waals surface area contributed by atoms with Crippen LogP contribution in [-0.2, 0) is 16.1 Å². The number of carbonyl (C=O) groups is 2. The molecule has 0 saturated heterocycles. The number of nitrogens with zero attached hydrogens (tertiary/aromatic N) is 1. The molecule has 4 nitrogen and oxygen atoms in total. The van der Waals surface area contributed by atoms with Gasteiger partial charge in [0.05, 0.1) is 6.54 Å². The molecule has 0 unspecified atom stereocenters. The molecule has 0 saturated carbocycles. The first kappa shape index (κ1) is 16.6. The molecular weight excluding hydrogens is 347 g/mol. The molecule has 0 radical (unpaired) electrons. The zero-order valence-electron chi connectivity index (χ0n) is 12.8. The Morgan fingerprint density at radius 3 is 2.38 bits per heavy atom. The minimum absolute atomic E-state index is 0.0671. The third kappa shape index (κ3) is 3.16. The van der Waals surface area contributed by atoms with E-state index in [9.17, 15) is 9.59 Å². The van der Waals surface area contributed by atoms with Gasteiger partial charge in [0.15, 0.2) is 0 Å². The van der Waals surface area contributed by atoms with Crippen molar-refractivity contribution in [3.63, 3.8) is 0 Å². The molecule has 3 rings (SSSR count). The van der Waals surface area contributed by atoms with Crippen LogP contribution in [0.5, 0.6) is 0 Å². The summed E-state index contributed by atoms with van der Waals surface area (Å²) in [5.41, 5.74) is 2.43. The van der Waals surface area contributed by atoms with Crippen LogP contribution in [0.15, 0.2) is 59.3 Å². The van der Waals surface area contributed by atoms with Crippen LogP contribution in [0.1, 0.15) is 11.1 Å². The van der Waals surface area contributed by atoms with Gasteiger partial charge in [-0.2, -0.15) is 0 Å². The largest absolute Gasteiger partial charge is 0.350 e. The first-order valence-corrected chi connectivity index (χ1v) is 8.06. The average molecular weight is 361 g/mol. The number of benzene rings is 2. The molecule has 0 fully saturated rings. The highest BCUT2D eigenvalue weighted by Gasteiger charge is 2.37. The second-order valence-electron chi connectivity index (χ2n) is 5.46. The molecule has 0 atom stereocenters. The van der Waals surface area contributed by atoms with Crippen molar-refractivity contribution in [2.75, 3.05) is 5.32 Å². The Morgan fingerprint density at radius 2 is 1.71 bits per heavy atom. The van der Waals surface area contributed by atoms with Crippen molar-refractivity contribution in [1.29, 1.82) is 0 Å². The number of carbonyl (C=O) groups excluding carboxylic acids is 2. The van der Waals surface area contributed by atoms with Gasteiger partial charge in [-0.05, 0) is 30.2 Å². The van der Waals surface area contributed by atoms with Gasteiger partial charge in [-0.25, -0.2) is 0 Å². The number of hydrogen-bond donors (Lipinski definition) is 1. The first-order valence-electron chi connectivity index (χ1n) is 7.30. The van der Waals surface area contributed by atoms with Crippen molar-refractivity contribution in [2.24, 2.45) is 0 Å². The summed E-state index contributed by atoms with van der Waals surface area (Å²) in [5.74, 6) is -0.961. The molecule has 0 bridgehead atoms. The maximum Gasteiger partial charge on any atom is 0.279 e. The van der Waals surface area contributed by atoms with Gasteiger partial charge in [0, 0.05) is 10.7 Å². The number of aryl methyl sites for hydroxylation is 1. The highest BCUT2D eigenvalue weighted by molar-refractivity contribution is 6.48. The summed E-state index contributed by atoms with van der Waals surface area (Å²) in [7, 11) is 0. The Bertz CT molecular complexity index is 847. The van der Waals surface area contributed by atoms with E-state index < -0.39 is 11.8 Å². The van der Waals surface area contributed by atoms with Crippen molar-refractivity contribution >= 4 is 40.7 Å². The van der Waals surface area contributed by atoms with Crippen LogP contribution < -0.4 is 5.32 Å². The third-order valence-electron chi connectivity index (χ3n) is 3.74. The van der Waals surface area contributed by atoms with Crippen molar-refractivity contribution in [3.8, 4) is 0 Å². The molecular formula is C18H14Cl2N2O2. The zero-order valence-corrected chi connectivity index (χ0v) is 14.4. The molecule has 1 N–H and O–H groups in total. The van der Waals surface area contributed by atoms with E-state index >= 15 is 0 Å². The molecule has 1 aliphatic rings. The molecule has 0 aromatic heterocycles. The molecule has 2 aromatic carbocycles. The van der Waals surface area contributed by atoms with E-state index in [-0.39, 0.29) is 17.3 Å². The van der Waals surface area contributed by atoms with Crippen LogP contribution in [0.4, 0.5) is 5.69 Å². The van der Waals surface area contributed by atoms with E-state index in [0.29, 0.717) is 10.7 Å². The lowest BCUT2D eigenvalue weighted by Gasteiger charge is -2.15. The molecule has 1 heterocycles. The fourth-order valence-electron chi connectivity index (χ4n) is 2.38. The fourth-order valence-corrected chi connectivity index (χ4v) is 2.79. The molecule has 0 aliphatic carbocycles. The van der Waals surface area contributed by atoms with E-state index in [2.05, 4.69) is 5.32 Å². The standard InChI is InChI=1S/C18H14Cl2N2O2/c1-11-7-8-13(9-14(11)19)21-16-15(20)17(23)22(18(16)24)10-12-5-3-2-4-6-12/h2-9,21H,10H2,1H3. The predicted molar refractivity (Wildman–Crippen MR) is 94.7 cm³/mol. The van der Waals surface area contributed by atoms with Crippen molar-refractivity contribution < 1.29 is 9.59 Å². The number of nitrogens with one attached hydrogen (secondary N) is 1. The average Bonchev–Trinajstić information content (AvgIpc) is 2.77. The summed E-state index contributed by atoms with van der Waals surface area (Å²) in [6, 6.07) is 14.5. The molecule has 2 amide bonds. The summed E-state index contributed by atoms with van der Waals surface area (Å²) in [4.78, 5) is 26.0. The van der Waals surface area contributed by atoms with E-state index in [1.807, 2.05) is 43.3 Å². The van der Waals surface area contributed by atoms with Gasteiger partial charge in [0.25, 0.3) is 11.8 Å². The fraction of sp³-hybridized carbons (Fsp3) is 0.111. The molecule has 122 valence electrons. The number of amides is 2. The molecule has 1 aliphatic heterocycles. The summed E-state index contributed by atoms with van der Waals surface area (Å²) >= 11 is 12.2. The lowest BCUT2D eigenvalue weighted by atomic mass is 10.2. The summed E-state index contributed by atoms with van der Waals surface area (Å²) in [6.45, 7) is 2.05. The molecule has 24 heavy (non-hydrogen) atoms. The predicted octanol–water partition coefficient (Wildman–Crippen LogP) is 4.08. The lowest BCUT2D eigenvalue weighted by Crippen LogP contribution is -2.31. The monoisotopic (exact) mass is 360 g/mol.